The van der Waals surface area contributed by atoms with E-state index >= 15 is 0 Å². The maximum atomic E-state index is 13.0. The fourth-order valence-electron chi connectivity index (χ4n) is 2.06. The van der Waals surface area contributed by atoms with Crippen molar-refractivity contribution < 1.29 is 18.7 Å². The fourth-order valence-corrected chi connectivity index (χ4v) is 2.06. The largest absolute Gasteiger partial charge is 0.385 e. The van der Waals surface area contributed by atoms with Gasteiger partial charge in [0.25, 0.3) is 5.92 Å². The SMILES string of the molecule is O=C(C1CCNC1)N1C[C@@H](O)C(F)(F)C1. The first-order valence-electron chi connectivity index (χ1n) is 5.06. The minimum absolute atomic E-state index is 0.203. The summed E-state index contributed by atoms with van der Waals surface area (Å²) in [5.41, 5.74) is 0. The lowest BCUT2D eigenvalue weighted by Crippen LogP contribution is -2.36. The highest BCUT2D eigenvalue weighted by molar-refractivity contribution is 5.80. The van der Waals surface area contributed by atoms with Crippen LogP contribution in [0.5, 0.6) is 0 Å². The third-order valence-corrected chi connectivity index (χ3v) is 3.00. The summed E-state index contributed by atoms with van der Waals surface area (Å²) in [6.07, 6.45) is -1.02. The first-order chi connectivity index (χ1) is 7.00. The van der Waals surface area contributed by atoms with Crippen LogP contribution >= 0.6 is 0 Å². The minimum Gasteiger partial charge on any atom is -0.385 e. The molecule has 2 heterocycles. The summed E-state index contributed by atoms with van der Waals surface area (Å²) in [5, 5.41) is 12.1. The minimum atomic E-state index is -3.15. The van der Waals surface area contributed by atoms with Crippen molar-refractivity contribution >= 4 is 5.91 Å². The van der Waals surface area contributed by atoms with Crippen molar-refractivity contribution in [1.29, 1.82) is 0 Å². The molecular weight excluding hydrogens is 206 g/mol. The van der Waals surface area contributed by atoms with E-state index in [4.69, 9.17) is 5.11 Å². The van der Waals surface area contributed by atoms with E-state index in [0.29, 0.717) is 13.0 Å². The van der Waals surface area contributed by atoms with Gasteiger partial charge in [0, 0.05) is 6.54 Å². The Labute approximate surface area is 86.2 Å². The van der Waals surface area contributed by atoms with E-state index in [1.165, 1.54) is 0 Å². The highest BCUT2D eigenvalue weighted by Crippen LogP contribution is 2.29. The van der Waals surface area contributed by atoms with Gasteiger partial charge in [0.2, 0.25) is 5.91 Å². The second-order valence-corrected chi connectivity index (χ2v) is 4.19. The number of β-amino-alcohol motifs (C(OH)–C–C–N with tert-alkyl or cyclic N) is 1. The Morgan fingerprint density at radius 3 is 2.73 bits per heavy atom. The first-order valence-corrected chi connectivity index (χ1v) is 5.06. The molecule has 2 atom stereocenters. The van der Waals surface area contributed by atoms with Crippen LogP contribution in [0.25, 0.3) is 0 Å². The summed E-state index contributed by atoms with van der Waals surface area (Å²) < 4.78 is 26.0. The molecule has 2 N–H and O–H groups in total. The van der Waals surface area contributed by atoms with Crippen LogP contribution in [0, 0.1) is 5.92 Å². The highest BCUT2D eigenvalue weighted by atomic mass is 19.3. The van der Waals surface area contributed by atoms with Crippen molar-refractivity contribution in [2.24, 2.45) is 5.92 Å². The Morgan fingerprint density at radius 1 is 1.53 bits per heavy atom. The molecule has 0 bridgehead atoms. The van der Waals surface area contributed by atoms with Gasteiger partial charge in [-0.2, -0.15) is 0 Å². The molecule has 4 nitrogen and oxygen atoms in total. The number of alkyl halides is 2. The number of nitrogens with one attached hydrogen (secondary N) is 1. The van der Waals surface area contributed by atoms with E-state index < -0.39 is 18.6 Å². The Balaban J connectivity index is 1.98. The third-order valence-electron chi connectivity index (χ3n) is 3.00. The van der Waals surface area contributed by atoms with E-state index in [0.717, 1.165) is 11.4 Å². The Kier molecular flexibility index (Phi) is 2.64. The number of carbonyl (C=O) groups is 1. The van der Waals surface area contributed by atoms with Gasteiger partial charge in [-0.05, 0) is 13.0 Å². The molecule has 0 aromatic heterocycles. The maximum Gasteiger partial charge on any atom is 0.292 e. The van der Waals surface area contributed by atoms with E-state index in [9.17, 15) is 13.6 Å². The van der Waals surface area contributed by atoms with Crippen LogP contribution in [-0.2, 0) is 4.79 Å². The van der Waals surface area contributed by atoms with Crippen LogP contribution in [0.2, 0.25) is 0 Å². The van der Waals surface area contributed by atoms with Gasteiger partial charge in [-0.15, -0.1) is 0 Å². The Hall–Kier alpha value is -0.750. The van der Waals surface area contributed by atoms with Crippen molar-refractivity contribution in [2.45, 2.75) is 18.4 Å². The third kappa shape index (κ3) is 1.96. The Bertz CT molecular complexity index is 267. The topological polar surface area (TPSA) is 52.6 Å². The molecule has 2 aliphatic heterocycles. The molecule has 1 unspecified atom stereocenters. The molecule has 86 valence electrons. The summed E-state index contributed by atoms with van der Waals surface area (Å²) >= 11 is 0. The maximum absolute atomic E-state index is 13.0. The molecule has 1 amide bonds. The molecule has 0 aromatic carbocycles. The summed E-state index contributed by atoms with van der Waals surface area (Å²) in [6.45, 7) is 0.409. The van der Waals surface area contributed by atoms with Crippen molar-refractivity contribution in [2.75, 3.05) is 26.2 Å². The predicted octanol–water partition coefficient (Wildman–Crippen LogP) is -0.566. The number of likely N-dealkylation sites (tertiary alicyclic amines) is 1. The van der Waals surface area contributed by atoms with Gasteiger partial charge in [0.05, 0.1) is 19.0 Å². The second kappa shape index (κ2) is 3.68. The summed E-state index contributed by atoms with van der Waals surface area (Å²) in [7, 11) is 0. The van der Waals surface area contributed by atoms with Gasteiger partial charge in [0.15, 0.2) is 0 Å². The number of rotatable bonds is 1. The normalized spacial score (nSPS) is 34.7. The molecule has 15 heavy (non-hydrogen) atoms. The van der Waals surface area contributed by atoms with E-state index in [1.54, 1.807) is 0 Å². The van der Waals surface area contributed by atoms with E-state index in [2.05, 4.69) is 5.32 Å². The van der Waals surface area contributed by atoms with Gasteiger partial charge >= 0.3 is 0 Å². The average Bonchev–Trinajstić information content (AvgIpc) is 2.74. The number of aliphatic hydroxyl groups is 1. The van der Waals surface area contributed by atoms with Gasteiger partial charge < -0.3 is 15.3 Å². The number of amides is 1. The zero-order valence-corrected chi connectivity index (χ0v) is 8.25. The molecule has 2 fully saturated rings. The molecular formula is C9H14F2N2O2. The summed E-state index contributed by atoms with van der Waals surface area (Å²) in [4.78, 5) is 12.8. The summed E-state index contributed by atoms with van der Waals surface area (Å²) in [5.74, 6) is -3.62. The van der Waals surface area contributed by atoms with Crippen LogP contribution in [0.3, 0.4) is 0 Å². The standard InChI is InChI=1S/C9H14F2N2O2/c10-9(11)5-13(4-7(9)14)8(15)6-1-2-12-3-6/h6-7,12,14H,1-5H2/t6?,7-/m1/s1. The smallest absolute Gasteiger partial charge is 0.292 e. The number of nitrogens with zero attached hydrogens (tertiary/aromatic N) is 1. The Morgan fingerprint density at radius 2 is 2.27 bits per heavy atom. The average molecular weight is 220 g/mol. The van der Waals surface area contributed by atoms with Crippen molar-refractivity contribution in [1.82, 2.24) is 10.2 Å². The first kappa shape index (κ1) is 10.8. The lowest BCUT2D eigenvalue weighted by Gasteiger charge is -2.19. The molecule has 2 rings (SSSR count). The molecule has 0 aromatic rings. The predicted molar refractivity (Wildman–Crippen MR) is 48.5 cm³/mol. The van der Waals surface area contributed by atoms with Crippen molar-refractivity contribution in [3.8, 4) is 0 Å². The monoisotopic (exact) mass is 220 g/mol. The zero-order chi connectivity index (χ0) is 11.1. The van der Waals surface area contributed by atoms with Crippen molar-refractivity contribution in [3.05, 3.63) is 0 Å². The number of carbonyl (C=O) groups excluding carboxylic acids is 1. The lowest BCUT2D eigenvalue weighted by molar-refractivity contribution is -0.135. The van der Waals surface area contributed by atoms with Crippen LogP contribution in [0.15, 0.2) is 0 Å². The molecule has 0 saturated carbocycles. The van der Waals surface area contributed by atoms with E-state index in [-0.39, 0.29) is 18.4 Å². The molecule has 0 aliphatic carbocycles. The number of hydrogen-bond acceptors (Lipinski definition) is 3. The molecule has 6 heteroatoms. The van der Waals surface area contributed by atoms with E-state index in [1.807, 2.05) is 0 Å². The van der Waals surface area contributed by atoms with Crippen LogP contribution in [0.1, 0.15) is 6.42 Å². The zero-order valence-electron chi connectivity index (χ0n) is 8.25. The van der Waals surface area contributed by atoms with Crippen molar-refractivity contribution in [3.63, 3.8) is 0 Å². The quantitative estimate of drug-likeness (QED) is 0.622. The molecule has 2 saturated heterocycles. The fraction of sp³-hybridized carbons (Fsp3) is 0.889. The second-order valence-electron chi connectivity index (χ2n) is 4.19. The van der Waals surface area contributed by atoms with Gasteiger partial charge in [-0.3, -0.25) is 4.79 Å². The van der Waals surface area contributed by atoms with Gasteiger partial charge in [0.1, 0.15) is 6.10 Å². The number of hydrogen-bond donors (Lipinski definition) is 2. The van der Waals surface area contributed by atoms with Crippen LogP contribution in [0.4, 0.5) is 8.78 Å². The lowest BCUT2D eigenvalue weighted by atomic mass is 10.1. The number of aliphatic hydroxyl groups excluding tert-OH is 1. The molecule has 0 spiro atoms. The van der Waals surface area contributed by atoms with Crippen LogP contribution in [-0.4, -0.2) is 54.1 Å². The molecule has 2 aliphatic rings. The number of halogens is 2. The molecule has 0 radical (unpaired) electrons. The van der Waals surface area contributed by atoms with Crippen LogP contribution < -0.4 is 5.32 Å². The van der Waals surface area contributed by atoms with Gasteiger partial charge in [-0.25, -0.2) is 8.78 Å². The van der Waals surface area contributed by atoms with Gasteiger partial charge in [-0.1, -0.05) is 0 Å². The highest BCUT2D eigenvalue weighted by Gasteiger charge is 2.49. The summed E-state index contributed by atoms with van der Waals surface area (Å²) in [6, 6.07) is 0.